The van der Waals surface area contributed by atoms with E-state index >= 15 is 0 Å². The molecule has 3 N–H and O–H groups in total. The average Bonchev–Trinajstić information content (AvgIpc) is 2.75. The highest BCUT2D eigenvalue weighted by molar-refractivity contribution is 6.00. The summed E-state index contributed by atoms with van der Waals surface area (Å²) in [7, 11) is 1.49. The van der Waals surface area contributed by atoms with E-state index in [0.717, 1.165) is 31.6 Å². The number of nitro groups is 1. The summed E-state index contributed by atoms with van der Waals surface area (Å²) in [4.78, 5) is 37.0. The Morgan fingerprint density at radius 2 is 1.83 bits per heavy atom. The number of benzene rings is 2. The lowest BCUT2D eigenvalue weighted by molar-refractivity contribution is -0.384. The van der Waals surface area contributed by atoms with E-state index < -0.39 is 4.92 Å². The number of hydrogen-bond donors (Lipinski definition) is 3. The average molecular weight is 411 g/mol. The Morgan fingerprint density at radius 1 is 1.13 bits per heavy atom. The number of piperidine rings is 1. The van der Waals surface area contributed by atoms with Crippen LogP contribution in [0, 0.1) is 10.1 Å². The number of amides is 2. The largest absolute Gasteiger partial charge is 0.382 e. The molecule has 0 spiro atoms. The first-order valence-electron chi connectivity index (χ1n) is 9.80. The fraction of sp³-hybridized carbons (Fsp3) is 0.333. The number of likely N-dealkylation sites (tertiary alicyclic amines) is 1. The van der Waals surface area contributed by atoms with Crippen molar-refractivity contribution in [2.75, 3.05) is 37.3 Å². The molecule has 158 valence electrons. The van der Waals surface area contributed by atoms with E-state index in [1.54, 1.807) is 6.07 Å². The van der Waals surface area contributed by atoms with Gasteiger partial charge in [-0.2, -0.15) is 0 Å². The van der Waals surface area contributed by atoms with Crippen molar-refractivity contribution < 1.29 is 14.5 Å². The Balaban J connectivity index is 1.55. The third-order valence-corrected chi connectivity index (χ3v) is 5.06. The maximum Gasteiger partial charge on any atom is 0.270 e. The van der Waals surface area contributed by atoms with Crippen LogP contribution in [-0.4, -0.2) is 54.4 Å². The Kier molecular flexibility index (Phi) is 6.97. The highest BCUT2D eigenvalue weighted by atomic mass is 16.6. The Morgan fingerprint density at radius 3 is 2.47 bits per heavy atom. The topological polar surface area (TPSA) is 117 Å². The van der Waals surface area contributed by atoms with Crippen molar-refractivity contribution in [3.05, 3.63) is 64.2 Å². The van der Waals surface area contributed by atoms with Crippen LogP contribution in [0.4, 0.5) is 17.1 Å². The molecule has 0 unspecified atom stereocenters. The SMILES string of the molecule is CNC(=O)c1cc([N+](=O)[O-])ccc1NC1CCN(CC(=O)Nc2ccccc2)CC1. The van der Waals surface area contributed by atoms with Gasteiger partial charge in [-0.3, -0.25) is 24.6 Å². The highest BCUT2D eigenvalue weighted by Crippen LogP contribution is 2.25. The van der Waals surface area contributed by atoms with Crippen molar-refractivity contribution >= 4 is 28.9 Å². The summed E-state index contributed by atoms with van der Waals surface area (Å²) in [5.41, 5.74) is 1.47. The highest BCUT2D eigenvalue weighted by Gasteiger charge is 2.23. The molecule has 9 nitrogen and oxygen atoms in total. The zero-order valence-electron chi connectivity index (χ0n) is 16.8. The van der Waals surface area contributed by atoms with Crippen molar-refractivity contribution in [2.45, 2.75) is 18.9 Å². The first-order chi connectivity index (χ1) is 14.5. The molecule has 2 aromatic carbocycles. The lowest BCUT2D eigenvalue weighted by atomic mass is 10.0. The van der Waals surface area contributed by atoms with Crippen molar-refractivity contribution in [2.24, 2.45) is 0 Å². The zero-order chi connectivity index (χ0) is 21.5. The van der Waals surface area contributed by atoms with Gasteiger partial charge in [0.25, 0.3) is 11.6 Å². The van der Waals surface area contributed by atoms with Crippen molar-refractivity contribution in [3.8, 4) is 0 Å². The number of carbonyl (C=O) groups excluding carboxylic acids is 2. The van der Waals surface area contributed by atoms with E-state index in [0.29, 0.717) is 12.2 Å². The van der Waals surface area contributed by atoms with E-state index in [1.165, 1.54) is 19.2 Å². The summed E-state index contributed by atoms with van der Waals surface area (Å²) < 4.78 is 0. The second kappa shape index (κ2) is 9.84. The summed E-state index contributed by atoms with van der Waals surface area (Å²) in [5, 5.41) is 19.8. The van der Waals surface area contributed by atoms with Crippen LogP contribution in [0.5, 0.6) is 0 Å². The minimum absolute atomic E-state index is 0.0510. The molecule has 1 aliphatic rings. The van der Waals surface area contributed by atoms with E-state index in [1.807, 2.05) is 30.3 Å². The molecule has 1 aliphatic heterocycles. The van der Waals surface area contributed by atoms with Gasteiger partial charge < -0.3 is 16.0 Å². The molecule has 2 amide bonds. The fourth-order valence-corrected chi connectivity index (χ4v) is 3.47. The molecule has 0 aromatic heterocycles. The fourth-order valence-electron chi connectivity index (χ4n) is 3.47. The van der Waals surface area contributed by atoms with Crippen LogP contribution in [0.3, 0.4) is 0 Å². The second-order valence-corrected chi connectivity index (χ2v) is 7.18. The molecule has 30 heavy (non-hydrogen) atoms. The summed E-state index contributed by atoms with van der Waals surface area (Å²) in [5.74, 6) is -0.430. The quantitative estimate of drug-likeness (QED) is 0.476. The summed E-state index contributed by atoms with van der Waals surface area (Å²) >= 11 is 0. The first kappa shape index (κ1) is 21.3. The van der Waals surface area contributed by atoms with Crippen LogP contribution in [0.2, 0.25) is 0 Å². The molecule has 0 atom stereocenters. The first-order valence-corrected chi connectivity index (χ1v) is 9.80. The van der Waals surface area contributed by atoms with Crippen LogP contribution in [-0.2, 0) is 4.79 Å². The van der Waals surface area contributed by atoms with E-state index in [4.69, 9.17) is 0 Å². The van der Waals surface area contributed by atoms with Gasteiger partial charge in [0, 0.05) is 49.7 Å². The van der Waals surface area contributed by atoms with Gasteiger partial charge in [-0.15, -0.1) is 0 Å². The van der Waals surface area contributed by atoms with Gasteiger partial charge in [0.15, 0.2) is 0 Å². The molecule has 0 aliphatic carbocycles. The number of nitrogens with zero attached hydrogens (tertiary/aromatic N) is 2. The molecular weight excluding hydrogens is 386 g/mol. The van der Waals surface area contributed by atoms with Crippen molar-refractivity contribution in [1.82, 2.24) is 10.2 Å². The number of rotatable bonds is 7. The number of non-ortho nitro benzene ring substituents is 1. The monoisotopic (exact) mass is 411 g/mol. The van der Waals surface area contributed by atoms with Gasteiger partial charge in [0.05, 0.1) is 17.0 Å². The van der Waals surface area contributed by atoms with Gasteiger partial charge in [-0.05, 0) is 31.0 Å². The van der Waals surface area contributed by atoms with Gasteiger partial charge in [0.1, 0.15) is 0 Å². The van der Waals surface area contributed by atoms with Gasteiger partial charge in [-0.25, -0.2) is 0 Å². The molecule has 9 heteroatoms. The minimum Gasteiger partial charge on any atom is -0.382 e. The van der Waals surface area contributed by atoms with Crippen LogP contribution < -0.4 is 16.0 Å². The molecule has 0 radical (unpaired) electrons. The summed E-state index contributed by atoms with van der Waals surface area (Å²) in [6, 6.07) is 13.7. The van der Waals surface area contributed by atoms with E-state index in [2.05, 4.69) is 20.9 Å². The molecule has 3 rings (SSSR count). The number of anilines is 2. The molecule has 0 bridgehead atoms. The number of hydrogen-bond acceptors (Lipinski definition) is 6. The standard InChI is InChI=1S/C21H25N5O4/c1-22-21(28)18-13-17(26(29)30)7-8-19(18)23-16-9-11-25(12-10-16)14-20(27)24-15-5-3-2-4-6-15/h2-8,13,16,23H,9-12,14H2,1H3,(H,22,28)(H,24,27). The third-order valence-electron chi connectivity index (χ3n) is 5.06. The molecule has 2 aromatic rings. The lowest BCUT2D eigenvalue weighted by Crippen LogP contribution is -2.42. The van der Waals surface area contributed by atoms with Crippen LogP contribution >= 0.6 is 0 Å². The van der Waals surface area contributed by atoms with Crippen LogP contribution in [0.1, 0.15) is 23.2 Å². The predicted molar refractivity (Wildman–Crippen MR) is 115 cm³/mol. The molecule has 1 heterocycles. The molecular formula is C21H25N5O4. The third kappa shape index (κ3) is 5.54. The van der Waals surface area contributed by atoms with E-state index in [9.17, 15) is 19.7 Å². The summed E-state index contributed by atoms with van der Waals surface area (Å²) in [6.07, 6.45) is 1.59. The minimum atomic E-state index is -0.519. The lowest BCUT2D eigenvalue weighted by Gasteiger charge is -2.32. The van der Waals surface area contributed by atoms with Crippen molar-refractivity contribution in [3.63, 3.8) is 0 Å². The molecule has 1 fully saturated rings. The number of para-hydroxylation sites is 1. The Labute approximate surface area is 174 Å². The van der Waals surface area contributed by atoms with Gasteiger partial charge in [0.2, 0.25) is 5.91 Å². The number of carbonyl (C=O) groups is 2. The second-order valence-electron chi connectivity index (χ2n) is 7.18. The number of nitro benzene ring substituents is 1. The molecule has 0 saturated carbocycles. The van der Waals surface area contributed by atoms with Crippen LogP contribution in [0.15, 0.2) is 48.5 Å². The van der Waals surface area contributed by atoms with Gasteiger partial charge in [-0.1, -0.05) is 18.2 Å². The van der Waals surface area contributed by atoms with Crippen molar-refractivity contribution in [1.29, 1.82) is 0 Å². The molecule has 1 saturated heterocycles. The number of nitrogens with one attached hydrogen (secondary N) is 3. The van der Waals surface area contributed by atoms with E-state index in [-0.39, 0.29) is 29.1 Å². The smallest absolute Gasteiger partial charge is 0.270 e. The summed E-state index contributed by atoms with van der Waals surface area (Å²) in [6.45, 7) is 1.80. The van der Waals surface area contributed by atoms with Crippen LogP contribution in [0.25, 0.3) is 0 Å². The predicted octanol–water partition coefficient (Wildman–Crippen LogP) is 2.47. The Bertz CT molecular complexity index is 911. The Hall–Kier alpha value is -3.46. The maximum atomic E-state index is 12.2. The zero-order valence-corrected chi connectivity index (χ0v) is 16.8. The maximum absolute atomic E-state index is 12.2. The normalized spacial score (nSPS) is 14.7. The van der Waals surface area contributed by atoms with Gasteiger partial charge >= 0.3 is 0 Å².